The van der Waals surface area contributed by atoms with Gasteiger partial charge in [0, 0.05) is 13.2 Å². The highest BCUT2D eigenvalue weighted by molar-refractivity contribution is 7.89. The van der Waals surface area contributed by atoms with Crippen LogP contribution in [0.15, 0.2) is 0 Å². The average Bonchev–Trinajstić information content (AvgIpc) is 2.27. The second-order valence-corrected chi connectivity index (χ2v) is 5.60. The normalized spacial score (nSPS) is 12.2. The first kappa shape index (κ1) is 15.8. The zero-order valence-electron chi connectivity index (χ0n) is 10.3. The summed E-state index contributed by atoms with van der Waals surface area (Å²) < 4.78 is 25.2. The summed E-state index contributed by atoms with van der Waals surface area (Å²) in [4.78, 5) is 2.25. The Kier molecular flexibility index (Phi) is 8.83. The second kappa shape index (κ2) is 8.92. The van der Waals surface area contributed by atoms with Gasteiger partial charge in [-0.3, -0.25) is 0 Å². The van der Waals surface area contributed by atoms with Crippen LogP contribution in [0.1, 0.15) is 26.7 Å². The zero-order valence-corrected chi connectivity index (χ0v) is 11.1. The molecule has 6 heteroatoms. The molecule has 0 radical (unpaired) electrons. The fourth-order valence-corrected chi connectivity index (χ4v) is 2.51. The predicted octanol–water partition coefficient (Wildman–Crippen LogP) is 0.0201. The van der Waals surface area contributed by atoms with E-state index in [-0.39, 0.29) is 12.4 Å². The molecule has 0 aromatic rings. The van der Waals surface area contributed by atoms with E-state index in [4.69, 9.17) is 5.11 Å². The minimum atomic E-state index is -3.18. The number of sulfonamides is 1. The van der Waals surface area contributed by atoms with Gasteiger partial charge in [-0.05, 0) is 32.5 Å². The van der Waals surface area contributed by atoms with E-state index in [1.54, 1.807) is 0 Å². The third-order valence-corrected chi connectivity index (χ3v) is 3.91. The first-order valence-corrected chi connectivity index (χ1v) is 7.51. The first-order valence-electron chi connectivity index (χ1n) is 5.86. The predicted molar refractivity (Wildman–Crippen MR) is 65.9 cm³/mol. The molecule has 0 fully saturated rings. The molecule has 0 atom stereocenters. The molecular weight excluding hydrogens is 228 g/mol. The van der Waals surface area contributed by atoms with Crippen LogP contribution in [0.2, 0.25) is 0 Å². The first-order chi connectivity index (χ1) is 7.55. The number of hydrogen-bond acceptors (Lipinski definition) is 4. The Morgan fingerprint density at radius 1 is 1.19 bits per heavy atom. The van der Waals surface area contributed by atoms with Gasteiger partial charge in [-0.25, -0.2) is 13.1 Å². The van der Waals surface area contributed by atoms with E-state index in [2.05, 4.69) is 23.5 Å². The van der Waals surface area contributed by atoms with Crippen LogP contribution in [0.5, 0.6) is 0 Å². The topological polar surface area (TPSA) is 69.6 Å². The number of hydrogen-bond donors (Lipinski definition) is 2. The number of rotatable bonds is 10. The minimum absolute atomic E-state index is 0.00870. The zero-order chi connectivity index (χ0) is 12.4. The van der Waals surface area contributed by atoms with Gasteiger partial charge < -0.3 is 10.0 Å². The lowest BCUT2D eigenvalue weighted by molar-refractivity contribution is 0.294. The monoisotopic (exact) mass is 252 g/mol. The van der Waals surface area contributed by atoms with Crippen molar-refractivity contribution < 1.29 is 13.5 Å². The molecule has 0 saturated carbocycles. The Morgan fingerprint density at radius 3 is 2.31 bits per heavy atom. The van der Waals surface area contributed by atoms with E-state index >= 15 is 0 Å². The van der Waals surface area contributed by atoms with Crippen molar-refractivity contribution in [2.75, 3.05) is 38.5 Å². The molecule has 0 aromatic heterocycles. The Hall–Kier alpha value is -0.170. The van der Waals surface area contributed by atoms with Crippen molar-refractivity contribution in [3.05, 3.63) is 0 Å². The summed E-state index contributed by atoms with van der Waals surface area (Å²) in [6.07, 6.45) is 1.12. The van der Waals surface area contributed by atoms with Crippen LogP contribution in [0.4, 0.5) is 0 Å². The fraction of sp³-hybridized carbons (Fsp3) is 1.00. The molecule has 0 saturated heterocycles. The minimum Gasteiger partial charge on any atom is -0.396 e. The van der Waals surface area contributed by atoms with Gasteiger partial charge in [0.2, 0.25) is 10.0 Å². The van der Waals surface area contributed by atoms with Crippen LogP contribution >= 0.6 is 0 Å². The van der Waals surface area contributed by atoms with E-state index in [1.807, 2.05) is 0 Å². The molecule has 0 aliphatic carbocycles. The van der Waals surface area contributed by atoms with Crippen LogP contribution in [0.25, 0.3) is 0 Å². The fourth-order valence-electron chi connectivity index (χ4n) is 1.40. The van der Waals surface area contributed by atoms with Crippen LogP contribution < -0.4 is 4.72 Å². The van der Waals surface area contributed by atoms with Crippen LogP contribution in [-0.4, -0.2) is 57.0 Å². The largest absolute Gasteiger partial charge is 0.396 e. The molecule has 0 amide bonds. The average molecular weight is 252 g/mol. The lowest BCUT2D eigenvalue weighted by Crippen LogP contribution is -2.31. The SMILES string of the molecule is CCN(CC)CCCNS(=O)(=O)CCCO. The highest BCUT2D eigenvalue weighted by atomic mass is 32.2. The van der Waals surface area contributed by atoms with Crippen molar-refractivity contribution in [3.8, 4) is 0 Å². The highest BCUT2D eigenvalue weighted by Gasteiger charge is 2.08. The maximum absolute atomic E-state index is 11.3. The van der Waals surface area contributed by atoms with E-state index in [0.29, 0.717) is 13.0 Å². The van der Waals surface area contributed by atoms with Crippen LogP contribution in [0, 0.1) is 0 Å². The van der Waals surface area contributed by atoms with Crippen molar-refractivity contribution in [1.29, 1.82) is 0 Å². The maximum Gasteiger partial charge on any atom is 0.211 e. The quantitative estimate of drug-likeness (QED) is 0.538. The van der Waals surface area contributed by atoms with Gasteiger partial charge in [-0.1, -0.05) is 13.8 Å². The summed E-state index contributed by atoms with van der Waals surface area (Å²) in [5.41, 5.74) is 0. The Morgan fingerprint density at radius 2 is 1.81 bits per heavy atom. The third kappa shape index (κ3) is 8.04. The summed E-state index contributed by atoms with van der Waals surface area (Å²) in [5.74, 6) is 0.00870. The molecule has 0 rings (SSSR count). The van der Waals surface area contributed by atoms with Gasteiger partial charge in [0.1, 0.15) is 0 Å². The molecule has 16 heavy (non-hydrogen) atoms. The van der Waals surface area contributed by atoms with Gasteiger partial charge >= 0.3 is 0 Å². The Bertz CT molecular complexity index is 251. The van der Waals surface area contributed by atoms with Gasteiger partial charge in [0.15, 0.2) is 0 Å². The molecule has 98 valence electrons. The van der Waals surface area contributed by atoms with Gasteiger partial charge in [-0.2, -0.15) is 0 Å². The van der Waals surface area contributed by atoms with E-state index in [0.717, 1.165) is 26.1 Å². The number of nitrogens with zero attached hydrogens (tertiary/aromatic N) is 1. The van der Waals surface area contributed by atoms with Crippen molar-refractivity contribution in [2.24, 2.45) is 0 Å². The van der Waals surface area contributed by atoms with Crippen molar-refractivity contribution >= 4 is 10.0 Å². The highest BCUT2D eigenvalue weighted by Crippen LogP contribution is 1.92. The second-order valence-electron chi connectivity index (χ2n) is 3.67. The van der Waals surface area contributed by atoms with Crippen LogP contribution in [-0.2, 0) is 10.0 Å². The van der Waals surface area contributed by atoms with Crippen molar-refractivity contribution in [2.45, 2.75) is 26.7 Å². The van der Waals surface area contributed by atoms with Gasteiger partial charge in [0.25, 0.3) is 0 Å². The van der Waals surface area contributed by atoms with Crippen molar-refractivity contribution in [3.63, 3.8) is 0 Å². The number of aliphatic hydroxyl groups is 1. The van der Waals surface area contributed by atoms with E-state index in [1.165, 1.54) is 0 Å². The molecule has 5 nitrogen and oxygen atoms in total. The summed E-state index contributed by atoms with van der Waals surface area (Å²) in [6.45, 7) is 7.48. The maximum atomic E-state index is 11.3. The summed E-state index contributed by atoms with van der Waals surface area (Å²) in [7, 11) is -3.18. The lowest BCUT2D eigenvalue weighted by Gasteiger charge is -2.17. The molecule has 0 aliphatic heterocycles. The molecule has 0 aliphatic rings. The molecule has 0 aromatic carbocycles. The molecular formula is C10H24N2O3S. The number of nitrogens with one attached hydrogen (secondary N) is 1. The Balaban J connectivity index is 3.64. The summed E-state index contributed by atoms with van der Waals surface area (Å²) in [5, 5.41) is 8.54. The summed E-state index contributed by atoms with van der Waals surface area (Å²) in [6, 6.07) is 0. The smallest absolute Gasteiger partial charge is 0.211 e. The van der Waals surface area contributed by atoms with E-state index in [9.17, 15) is 8.42 Å². The molecule has 0 heterocycles. The lowest BCUT2D eigenvalue weighted by atomic mass is 10.4. The molecule has 2 N–H and O–H groups in total. The van der Waals surface area contributed by atoms with Crippen LogP contribution in [0.3, 0.4) is 0 Å². The third-order valence-electron chi connectivity index (χ3n) is 2.44. The molecule has 0 bridgehead atoms. The van der Waals surface area contributed by atoms with Crippen molar-refractivity contribution in [1.82, 2.24) is 9.62 Å². The van der Waals surface area contributed by atoms with Gasteiger partial charge in [-0.15, -0.1) is 0 Å². The summed E-state index contributed by atoms with van der Waals surface area (Å²) >= 11 is 0. The molecule has 0 spiro atoms. The molecule has 0 unspecified atom stereocenters. The standard InChI is InChI=1S/C10H24N2O3S/c1-3-12(4-2)8-5-7-11-16(14,15)10-6-9-13/h11,13H,3-10H2,1-2H3. The van der Waals surface area contributed by atoms with Gasteiger partial charge in [0.05, 0.1) is 5.75 Å². The number of aliphatic hydroxyl groups excluding tert-OH is 1. The Labute approximate surface area is 98.9 Å². The van der Waals surface area contributed by atoms with E-state index < -0.39 is 10.0 Å².